The second-order valence-corrected chi connectivity index (χ2v) is 5.67. The van der Waals surface area contributed by atoms with Gasteiger partial charge in [-0.15, -0.1) is 0 Å². The van der Waals surface area contributed by atoms with Gasteiger partial charge in [0.25, 0.3) is 0 Å². The molecule has 1 rings (SSSR count). The number of halogens is 4. The maximum atomic E-state index is 6.11. The largest absolute Gasteiger partial charge is 0.489 e. The first-order valence-electron chi connectivity index (χ1n) is 5.89. The zero-order chi connectivity index (χ0) is 14.3. The fourth-order valence-corrected chi connectivity index (χ4v) is 2.32. The van der Waals surface area contributed by atoms with Gasteiger partial charge in [0.15, 0.2) is 5.75 Å². The van der Waals surface area contributed by atoms with Crippen LogP contribution in [0, 0.1) is 0 Å². The lowest BCUT2D eigenvalue weighted by Gasteiger charge is -2.11. The van der Waals surface area contributed by atoms with Crippen LogP contribution in [0.2, 0.25) is 10.0 Å². The Labute approximate surface area is 133 Å². The van der Waals surface area contributed by atoms with Gasteiger partial charge in [0.2, 0.25) is 0 Å². The lowest BCUT2D eigenvalue weighted by atomic mass is 10.2. The van der Waals surface area contributed by atoms with Gasteiger partial charge in [-0.3, -0.25) is 0 Å². The number of benzene rings is 1. The van der Waals surface area contributed by atoms with Gasteiger partial charge in [0, 0.05) is 6.54 Å². The Bertz CT molecular complexity index is 421. The highest BCUT2D eigenvalue weighted by atomic mass is 35.5. The summed E-state index contributed by atoms with van der Waals surface area (Å²) in [7, 11) is 0. The summed E-state index contributed by atoms with van der Waals surface area (Å²) in [5.41, 5.74) is 0.728. The first kappa shape index (κ1) is 16.9. The van der Waals surface area contributed by atoms with E-state index in [0.29, 0.717) is 22.4 Å². The highest BCUT2D eigenvalue weighted by Crippen LogP contribution is 2.35. The quantitative estimate of drug-likeness (QED) is 0.692. The molecule has 0 radical (unpaired) electrons. The van der Waals surface area contributed by atoms with Gasteiger partial charge in [0.1, 0.15) is 11.1 Å². The highest BCUT2D eigenvalue weighted by molar-refractivity contribution is 6.57. The van der Waals surface area contributed by atoms with Crippen LogP contribution in [0.25, 0.3) is 6.08 Å². The minimum Gasteiger partial charge on any atom is -0.489 e. The topological polar surface area (TPSA) is 21.3 Å². The van der Waals surface area contributed by atoms with Crippen LogP contribution in [0.1, 0.15) is 18.9 Å². The van der Waals surface area contributed by atoms with Gasteiger partial charge in [-0.1, -0.05) is 53.3 Å². The van der Waals surface area contributed by atoms with Crippen LogP contribution in [0.5, 0.6) is 5.75 Å². The van der Waals surface area contributed by atoms with Crippen LogP contribution in [-0.4, -0.2) is 19.7 Å². The third-order valence-electron chi connectivity index (χ3n) is 2.25. The molecular formula is C13H15Cl4NO. The van der Waals surface area contributed by atoms with E-state index in [4.69, 9.17) is 51.1 Å². The van der Waals surface area contributed by atoms with E-state index in [1.807, 2.05) is 0 Å². The van der Waals surface area contributed by atoms with Gasteiger partial charge in [0.05, 0.1) is 10.0 Å². The second-order valence-electron chi connectivity index (χ2n) is 3.85. The molecule has 0 amide bonds. The number of ether oxygens (including phenoxy) is 1. The number of nitrogens with one attached hydrogen (secondary N) is 1. The van der Waals surface area contributed by atoms with Crippen molar-refractivity contribution in [3.05, 3.63) is 32.2 Å². The molecule has 0 spiro atoms. The third kappa shape index (κ3) is 6.24. The molecule has 2 nitrogen and oxygen atoms in total. The number of hydrogen-bond donors (Lipinski definition) is 1. The maximum Gasteiger partial charge on any atom is 0.156 e. The Morgan fingerprint density at radius 3 is 2.37 bits per heavy atom. The predicted molar refractivity (Wildman–Crippen MR) is 84.8 cm³/mol. The van der Waals surface area contributed by atoms with Gasteiger partial charge in [-0.2, -0.15) is 0 Å². The predicted octanol–water partition coefficient (Wildman–Crippen LogP) is 5.15. The van der Waals surface area contributed by atoms with Crippen LogP contribution in [0.4, 0.5) is 0 Å². The van der Waals surface area contributed by atoms with E-state index in [0.717, 1.165) is 25.1 Å². The molecule has 0 aliphatic carbocycles. The van der Waals surface area contributed by atoms with Crippen molar-refractivity contribution >= 4 is 52.5 Å². The Morgan fingerprint density at radius 1 is 1.21 bits per heavy atom. The minimum atomic E-state index is 0.143. The summed E-state index contributed by atoms with van der Waals surface area (Å²) in [5, 5.41) is 4.09. The summed E-state index contributed by atoms with van der Waals surface area (Å²) in [6.07, 6.45) is 2.65. The SMILES string of the molecule is CCCNCCOc1c(Cl)cc(C=C(Cl)Cl)cc1Cl. The third-order valence-corrected chi connectivity index (χ3v) is 3.03. The standard InChI is InChI=1S/C13H15Cl4NO/c1-2-3-18-4-5-19-13-10(14)6-9(7-11(13)15)8-12(16)17/h6-8,18H,2-5H2,1H3. The van der Waals surface area contributed by atoms with Gasteiger partial charge < -0.3 is 10.1 Å². The first-order valence-corrected chi connectivity index (χ1v) is 7.41. The van der Waals surface area contributed by atoms with Gasteiger partial charge in [-0.25, -0.2) is 0 Å². The molecular weight excluding hydrogens is 328 g/mol. The molecule has 1 aromatic carbocycles. The molecule has 0 saturated carbocycles. The summed E-state index contributed by atoms with van der Waals surface area (Å²) < 4.78 is 5.70. The monoisotopic (exact) mass is 341 g/mol. The smallest absolute Gasteiger partial charge is 0.156 e. The molecule has 0 atom stereocenters. The van der Waals surface area contributed by atoms with Crippen LogP contribution in [-0.2, 0) is 0 Å². The fourth-order valence-electron chi connectivity index (χ4n) is 1.45. The molecule has 0 aromatic heterocycles. The normalized spacial score (nSPS) is 10.4. The van der Waals surface area contributed by atoms with Gasteiger partial charge in [-0.05, 0) is 36.7 Å². The van der Waals surface area contributed by atoms with Gasteiger partial charge >= 0.3 is 0 Å². The van der Waals surface area contributed by atoms with Crippen molar-refractivity contribution in [3.63, 3.8) is 0 Å². The highest BCUT2D eigenvalue weighted by Gasteiger charge is 2.09. The maximum absolute atomic E-state index is 6.11. The van der Waals surface area contributed by atoms with E-state index in [-0.39, 0.29) is 4.49 Å². The molecule has 0 bridgehead atoms. The number of rotatable bonds is 7. The van der Waals surface area contributed by atoms with Crippen molar-refractivity contribution < 1.29 is 4.74 Å². The average molecular weight is 343 g/mol. The molecule has 0 fully saturated rings. The molecule has 106 valence electrons. The van der Waals surface area contributed by atoms with E-state index in [2.05, 4.69) is 12.2 Å². The summed E-state index contributed by atoms with van der Waals surface area (Å²) >= 11 is 23.4. The van der Waals surface area contributed by atoms with E-state index in [1.54, 1.807) is 18.2 Å². The van der Waals surface area contributed by atoms with Crippen molar-refractivity contribution in [2.75, 3.05) is 19.7 Å². The molecule has 0 aliphatic rings. The second kappa shape index (κ2) is 8.93. The molecule has 1 N–H and O–H groups in total. The van der Waals surface area contributed by atoms with Crippen LogP contribution in [0.15, 0.2) is 16.6 Å². The lowest BCUT2D eigenvalue weighted by Crippen LogP contribution is -2.21. The van der Waals surface area contributed by atoms with E-state index in [1.165, 1.54) is 0 Å². The van der Waals surface area contributed by atoms with E-state index >= 15 is 0 Å². The van der Waals surface area contributed by atoms with Crippen LogP contribution < -0.4 is 10.1 Å². The molecule has 19 heavy (non-hydrogen) atoms. The Morgan fingerprint density at radius 2 is 1.84 bits per heavy atom. The molecule has 6 heteroatoms. The van der Waals surface area contributed by atoms with Crippen molar-refractivity contribution in [2.24, 2.45) is 0 Å². The molecule has 0 heterocycles. The summed E-state index contributed by atoms with van der Waals surface area (Å²) in [6.45, 7) is 4.32. The number of hydrogen-bond acceptors (Lipinski definition) is 2. The van der Waals surface area contributed by atoms with Crippen molar-refractivity contribution in [2.45, 2.75) is 13.3 Å². The lowest BCUT2D eigenvalue weighted by molar-refractivity contribution is 0.314. The van der Waals surface area contributed by atoms with Crippen molar-refractivity contribution in [1.82, 2.24) is 5.32 Å². The zero-order valence-electron chi connectivity index (χ0n) is 10.5. The minimum absolute atomic E-state index is 0.143. The molecule has 0 unspecified atom stereocenters. The molecule has 0 saturated heterocycles. The van der Waals surface area contributed by atoms with Crippen molar-refractivity contribution in [1.29, 1.82) is 0 Å². The summed E-state index contributed by atoms with van der Waals surface area (Å²) in [6, 6.07) is 3.40. The Hall–Kier alpha value is -0.120. The zero-order valence-corrected chi connectivity index (χ0v) is 13.5. The van der Waals surface area contributed by atoms with Crippen LogP contribution in [0.3, 0.4) is 0 Å². The first-order chi connectivity index (χ1) is 9.04. The van der Waals surface area contributed by atoms with E-state index < -0.39 is 0 Å². The Kier molecular flexibility index (Phi) is 7.96. The summed E-state index contributed by atoms with van der Waals surface area (Å²) in [4.78, 5) is 0. The molecule has 1 aromatic rings. The van der Waals surface area contributed by atoms with E-state index in [9.17, 15) is 0 Å². The van der Waals surface area contributed by atoms with Crippen LogP contribution >= 0.6 is 46.4 Å². The summed E-state index contributed by atoms with van der Waals surface area (Å²) in [5.74, 6) is 0.476. The average Bonchev–Trinajstić information content (AvgIpc) is 2.31. The Balaban J connectivity index is 2.67. The fraction of sp³-hybridized carbons (Fsp3) is 0.385. The molecule has 0 aliphatic heterocycles. The van der Waals surface area contributed by atoms with Crippen molar-refractivity contribution in [3.8, 4) is 5.75 Å².